The number of anilines is 1. The Hall–Kier alpha value is -3.84. The number of carbonyl (C=O) groups is 2. The lowest BCUT2D eigenvalue weighted by Crippen LogP contribution is -2.14. The minimum atomic E-state index is -1.00. The molecule has 1 amide bonds. The molecule has 3 N–H and O–H groups in total. The molecule has 1 aromatic heterocycles. The van der Waals surface area contributed by atoms with Crippen LogP contribution in [0.3, 0.4) is 0 Å². The highest BCUT2D eigenvalue weighted by atomic mass is 32.2. The van der Waals surface area contributed by atoms with E-state index >= 15 is 0 Å². The number of aromatic carboxylic acids is 1. The summed E-state index contributed by atoms with van der Waals surface area (Å²) in [6, 6.07) is 25.9. The van der Waals surface area contributed by atoms with Crippen molar-refractivity contribution >= 4 is 29.3 Å². The highest BCUT2D eigenvalue weighted by molar-refractivity contribution is 7.99. The third kappa shape index (κ3) is 5.02. The number of aromatic nitrogens is 2. The van der Waals surface area contributed by atoms with Gasteiger partial charge in [0.25, 0.3) is 0 Å². The Morgan fingerprint density at radius 2 is 1.48 bits per heavy atom. The van der Waals surface area contributed by atoms with Gasteiger partial charge in [-0.1, -0.05) is 72.4 Å². The number of carboxylic acids is 1. The number of aromatic amines is 1. The van der Waals surface area contributed by atoms with Crippen LogP contribution in [0.2, 0.25) is 0 Å². The number of H-pyrrole nitrogens is 1. The molecule has 4 rings (SSSR count). The van der Waals surface area contributed by atoms with E-state index in [0.717, 1.165) is 22.5 Å². The lowest BCUT2D eigenvalue weighted by molar-refractivity contribution is -0.113. The number of amides is 1. The number of nitrogens with zero attached hydrogens (tertiary/aromatic N) is 1. The molecule has 4 aromatic rings. The summed E-state index contributed by atoms with van der Waals surface area (Å²) < 4.78 is 0. The normalized spacial score (nSPS) is 10.6. The minimum absolute atomic E-state index is 0.163. The second kappa shape index (κ2) is 9.32. The number of thioether (sulfide) groups is 1. The van der Waals surface area contributed by atoms with Crippen molar-refractivity contribution in [3.63, 3.8) is 0 Å². The monoisotopic (exact) mass is 429 g/mol. The highest BCUT2D eigenvalue weighted by Gasteiger charge is 2.15. The predicted octanol–water partition coefficient (Wildman–Crippen LogP) is 5.17. The lowest BCUT2D eigenvalue weighted by Gasteiger charge is -2.04. The van der Waals surface area contributed by atoms with Crippen LogP contribution in [0, 0.1) is 0 Å². The Kier molecular flexibility index (Phi) is 6.14. The molecule has 0 bridgehead atoms. The van der Waals surface area contributed by atoms with Crippen LogP contribution in [0.1, 0.15) is 10.4 Å². The molecule has 0 aliphatic rings. The Bertz CT molecular complexity index is 1130. The number of imidazole rings is 1. The van der Waals surface area contributed by atoms with Crippen LogP contribution in [0.15, 0.2) is 90.1 Å². The van der Waals surface area contributed by atoms with Crippen LogP contribution in [0.4, 0.5) is 5.69 Å². The summed E-state index contributed by atoms with van der Waals surface area (Å²) in [7, 11) is 0. The van der Waals surface area contributed by atoms with Gasteiger partial charge in [-0.05, 0) is 24.3 Å². The van der Waals surface area contributed by atoms with Gasteiger partial charge in [0.05, 0.1) is 22.7 Å². The van der Waals surface area contributed by atoms with Gasteiger partial charge < -0.3 is 15.4 Å². The van der Waals surface area contributed by atoms with Crippen molar-refractivity contribution in [1.82, 2.24) is 9.97 Å². The SMILES string of the molecule is O=C(CSc1nc(-c2ccccc2)c(-c2ccccc2)[nH]1)Nc1ccc(C(=O)O)cc1. The molecule has 0 aliphatic carbocycles. The van der Waals surface area contributed by atoms with Crippen molar-refractivity contribution in [3.05, 3.63) is 90.5 Å². The molecule has 0 aliphatic heterocycles. The summed E-state index contributed by atoms with van der Waals surface area (Å²) in [4.78, 5) is 31.3. The van der Waals surface area contributed by atoms with Crippen molar-refractivity contribution in [2.45, 2.75) is 5.16 Å². The molecule has 0 saturated carbocycles. The van der Waals surface area contributed by atoms with E-state index in [1.165, 1.54) is 23.9 Å². The zero-order chi connectivity index (χ0) is 21.6. The maximum absolute atomic E-state index is 12.3. The fourth-order valence-electron chi connectivity index (χ4n) is 3.07. The van der Waals surface area contributed by atoms with Crippen LogP contribution >= 0.6 is 11.8 Å². The Morgan fingerprint density at radius 3 is 2.10 bits per heavy atom. The van der Waals surface area contributed by atoms with E-state index < -0.39 is 5.97 Å². The average Bonchev–Trinajstić information content (AvgIpc) is 3.24. The number of hydrogen-bond donors (Lipinski definition) is 3. The van der Waals surface area contributed by atoms with Crippen molar-refractivity contribution in [3.8, 4) is 22.5 Å². The minimum Gasteiger partial charge on any atom is -0.478 e. The number of carbonyl (C=O) groups excluding carboxylic acids is 1. The van der Waals surface area contributed by atoms with E-state index in [1.807, 2.05) is 60.7 Å². The molecule has 0 spiro atoms. The highest BCUT2D eigenvalue weighted by Crippen LogP contribution is 2.32. The molecule has 7 heteroatoms. The second-order valence-corrected chi connectivity index (χ2v) is 7.68. The molecular formula is C24H19N3O3S. The summed E-state index contributed by atoms with van der Waals surface area (Å²) >= 11 is 1.31. The lowest BCUT2D eigenvalue weighted by atomic mass is 10.1. The first kappa shape index (κ1) is 20.4. The number of rotatable bonds is 7. The van der Waals surface area contributed by atoms with Crippen LogP contribution < -0.4 is 5.32 Å². The van der Waals surface area contributed by atoms with E-state index in [1.54, 1.807) is 12.1 Å². The maximum atomic E-state index is 12.3. The van der Waals surface area contributed by atoms with Gasteiger partial charge >= 0.3 is 5.97 Å². The maximum Gasteiger partial charge on any atom is 0.335 e. The number of hydrogen-bond acceptors (Lipinski definition) is 4. The van der Waals surface area contributed by atoms with Crippen molar-refractivity contribution in [2.75, 3.05) is 11.1 Å². The molecule has 0 saturated heterocycles. The molecule has 31 heavy (non-hydrogen) atoms. The topological polar surface area (TPSA) is 95.1 Å². The molecule has 3 aromatic carbocycles. The molecule has 0 atom stereocenters. The molecule has 0 radical (unpaired) electrons. The van der Waals surface area contributed by atoms with Gasteiger partial charge in [0.15, 0.2) is 5.16 Å². The Balaban J connectivity index is 1.49. The fraction of sp³-hybridized carbons (Fsp3) is 0.0417. The van der Waals surface area contributed by atoms with Gasteiger partial charge in [-0.25, -0.2) is 9.78 Å². The standard InChI is InChI=1S/C24H19N3O3S/c28-20(25-19-13-11-18(12-14-19)23(29)30)15-31-24-26-21(16-7-3-1-4-8-16)22(27-24)17-9-5-2-6-10-17/h1-14H,15H2,(H,25,28)(H,26,27)(H,29,30). The van der Waals surface area contributed by atoms with Crippen LogP contribution in [0.5, 0.6) is 0 Å². The van der Waals surface area contributed by atoms with E-state index in [0.29, 0.717) is 10.8 Å². The van der Waals surface area contributed by atoms with Crippen LogP contribution in [-0.4, -0.2) is 32.7 Å². The van der Waals surface area contributed by atoms with Gasteiger partial charge in [-0.15, -0.1) is 0 Å². The molecular weight excluding hydrogens is 410 g/mol. The largest absolute Gasteiger partial charge is 0.478 e. The van der Waals surface area contributed by atoms with Gasteiger partial charge in [0.1, 0.15) is 0 Å². The summed E-state index contributed by atoms with van der Waals surface area (Å²) in [5, 5.41) is 12.4. The molecule has 0 unspecified atom stereocenters. The Morgan fingerprint density at radius 1 is 0.871 bits per heavy atom. The zero-order valence-corrected chi connectivity index (χ0v) is 17.2. The van der Waals surface area contributed by atoms with Gasteiger partial charge in [-0.2, -0.15) is 0 Å². The first-order valence-electron chi connectivity index (χ1n) is 9.57. The molecule has 1 heterocycles. The average molecular weight is 430 g/mol. The smallest absolute Gasteiger partial charge is 0.335 e. The van der Waals surface area contributed by atoms with Crippen molar-refractivity contribution < 1.29 is 14.7 Å². The third-order valence-electron chi connectivity index (χ3n) is 4.55. The van der Waals surface area contributed by atoms with Gasteiger partial charge in [0.2, 0.25) is 5.91 Å². The van der Waals surface area contributed by atoms with E-state index in [-0.39, 0.29) is 17.2 Å². The fourth-order valence-corrected chi connectivity index (χ4v) is 3.74. The second-order valence-electron chi connectivity index (χ2n) is 6.72. The number of nitrogens with one attached hydrogen (secondary N) is 2. The van der Waals surface area contributed by atoms with Crippen LogP contribution in [0.25, 0.3) is 22.5 Å². The molecule has 0 fully saturated rings. The van der Waals surface area contributed by atoms with Gasteiger partial charge in [0, 0.05) is 16.8 Å². The first-order chi connectivity index (χ1) is 15.1. The zero-order valence-electron chi connectivity index (χ0n) is 16.4. The van der Waals surface area contributed by atoms with E-state index in [9.17, 15) is 9.59 Å². The van der Waals surface area contributed by atoms with E-state index in [2.05, 4.69) is 10.3 Å². The summed E-state index contributed by atoms with van der Waals surface area (Å²) in [5.41, 5.74) is 4.46. The third-order valence-corrected chi connectivity index (χ3v) is 5.42. The summed E-state index contributed by atoms with van der Waals surface area (Å²) in [6.07, 6.45) is 0. The first-order valence-corrected chi connectivity index (χ1v) is 10.6. The molecule has 6 nitrogen and oxygen atoms in total. The number of carboxylic acid groups (broad SMARTS) is 1. The van der Waals surface area contributed by atoms with Gasteiger partial charge in [-0.3, -0.25) is 4.79 Å². The summed E-state index contributed by atoms with van der Waals surface area (Å²) in [6.45, 7) is 0. The van der Waals surface area contributed by atoms with Crippen molar-refractivity contribution in [2.24, 2.45) is 0 Å². The number of benzene rings is 3. The van der Waals surface area contributed by atoms with Crippen molar-refractivity contribution in [1.29, 1.82) is 0 Å². The predicted molar refractivity (Wildman–Crippen MR) is 122 cm³/mol. The Labute approximate surface area is 183 Å². The van der Waals surface area contributed by atoms with Crippen LogP contribution in [-0.2, 0) is 4.79 Å². The molecule has 154 valence electrons. The van der Waals surface area contributed by atoms with E-state index in [4.69, 9.17) is 10.1 Å². The quantitative estimate of drug-likeness (QED) is 0.352. The summed E-state index contributed by atoms with van der Waals surface area (Å²) in [5.74, 6) is -1.04.